The third-order valence-corrected chi connectivity index (χ3v) is 4.42. The van der Waals surface area contributed by atoms with E-state index in [9.17, 15) is 14.4 Å². The van der Waals surface area contributed by atoms with Crippen LogP contribution in [0.5, 0.6) is 0 Å². The minimum absolute atomic E-state index is 0.00285. The summed E-state index contributed by atoms with van der Waals surface area (Å²) in [5.41, 5.74) is -0.910. The normalized spacial score (nSPS) is 35.4. The zero-order chi connectivity index (χ0) is 12.2. The van der Waals surface area contributed by atoms with Gasteiger partial charge in [-0.05, 0) is 31.6 Å². The Bertz CT molecular complexity index is 408. The van der Waals surface area contributed by atoms with E-state index < -0.39 is 11.4 Å². The van der Waals surface area contributed by atoms with Crippen LogP contribution in [0.4, 0.5) is 4.79 Å². The van der Waals surface area contributed by atoms with Gasteiger partial charge in [0.05, 0.1) is 0 Å². The van der Waals surface area contributed by atoms with Gasteiger partial charge in [-0.3, -0.25) is 19.8 Å². The summed E-state index contributed by atoms with van der Waals surface area (Å²) < 4.78 is 0. The van der Waals surface area contributed by atoms with E-state index in [2.05, 4.69) is 12.2 Å². The SMILES string of the molecule is CC1CC(N2C(=O)NC(=O)C3(CCC3)C2=O)C1. The van der Waals surface area contributed by atoms with Crippen molar-refractivity contribution in [3.05, 3.63) is 0 Å². The number of hydrogen-bond donors (Lipinski definition) is 1. The Hall–Kier alpha value is -1.39. The third kappa shape index (κ3) is 1.28. The molecule has 0 aromatic heterocycles. The molecule has 5 heteroatoms. The number of carbonyl (C=O) groups excluding carboxylic acids is 3. The topological polar surface area (TPSA) is 66.5 Å². The van der Waals surface area contributed by atoms with Gasteiger partial charge in [-0.15, -0.1) is 0 Å². The van der Waals surface area contributed by atoms with Gasteiger partial charge in [0.2, 0.25) is 11.8 Å². The molecule has 1 saturated heterocycles. The van der Waals surface area contributed by atoms with E-state index in [4.69, 9.17) is 0 Å². The first-order chi connectivity index (χ1) is 8.04. The highest BCUT2D eigenvalue weighted by atomic mass is 16.2. The van der Waals surface area contributed by atoms with E-state index in [1.807, 2.05) is 0 Å². The van der Waals surface area contributed by atoms with Crippen molar-refractivity contribution in [1.29, 1.82) is 0 Å². The van der Waals surface area contributed by atoms with Gasteiger partial charge in [-0.25, -0.2) is 4.79 Å². The lowest BCUT2D eigenvalue weighted by Gasteiger charge is -2.49. The fourth-order valence-electron chi connectivity index (χ4n) is 3.07. The maximum absolute atomic E-state index is 12.3. The summed E-state index contributed by atoms with van der Waals surface area (Å²) in [5.74, 6) is -0.0765. The molecule has 0 radical (unpaired) electrons. The molecule has 0 aromatic carbocycles. The molecule has 92 valence electrons. The first kappa shape index (κ1) is 10.7. The second-order valence-corrected chi connectivity index (χ2v) is 5.60. The van der Waals surface area contributed by atoms with Crippen molar-refractivity contribution in [2.75, 3.05) is 0 Å². The first-order valence-electron chi connectivity index (χ1n) is 6.24. The molecule has 0 bridgehead atoms. The van der Waals surface area contributed by atoms with Gasteiger partial charge in [0.15, 0.2) is 0 Å². The molecular weight excluding hydrogens is 220 g/mol. The summed E-state index contributed by atoms with van der Waals surface area (Å²) in [4.78, 5) is 37.2. The van der Waals surface area contributed by atoms with Crippen LogP contribution in [0.25, 0.3) is 0 Å². The number of carbonyl (C=O) groups is 3. The standard InChI is InChI=1S/C12H16N2O3/c1-7-5-8(6-7)14-10(16)12(3-2-4-12)9(15)13-11(14)17/h7-8H,2-6H2,1H3,(H,13,15,17). The van der Waals surface area contributed by atoms with E-state index in [1.165, 1.54) is 4.90 Å². The second kappa shape index (κ2) is 3.31. The number of hydrogen-bond acceptors (Lipinski definition) is 3. The fraction of sp³-hybridized carbons (Fsp3) is 0.750. The second-order valence-electron chi connectivity index (χ2n) is 5.60. The van der Waals surface area contributed by atoms with Gasteiger partial charge < -0.3 is 0 Å². The highest BCUT2D eigenvalue weighted by Gasteiger charge is 2.59. The summed E-state index contributed by atoms with van der Waals surface area (Å²) in [6, 6.07) is -0.516. The van der Waals surface area contributed by atoms with Crippen LogP contribution in [-0.4, -0.2) is 28.8 Å². The lowest BCUT2D eigenvalue weighted by Crippen LogP contribution is -2.69. The zero-order valence-corrected chi connectivity index (χ0v) is 9.86. The smallest absolute Gasteiger partial charge is 0.277 e. The number of barbiturate groups is 1. The molecule has 1 N–H and O–H groups in total. The van der Waals surface area contributed by atoms with Gasteiger partial charge in [0.1, 0.15) is 5.41 Å². The van der Waals surface area contributed by atoms with Crippen LogP contribution in [0.3, 0.4) is 0 Å². The largest absolute Gasteiger partial charge is 0.331 e. The van der Waals surface area contributed by atoms with Gasteiger partial charge >= 0.3 is 6.03 Å². The number of amides is 4. The van der Waals surface area contributed by atoms with E-state index in [1.54, 1.807) is 0 Å². The summed E-state index contributed by atoms with van der Waals surface area (Å²) in [6.07, 6.45) is 3.79. The molecule has 1 heterocycles. The zero-order valence-electron chi connectivity index (χ0n) is 9.86. The average Bonchev–Trinajstić information content (AvgIpc) is 2.11. The maximum Gasteiger partial charge on any atom is 0.331 e. The Morgan fingerprint density at radius 1 is 1.24 bits per heavy atom. The first-order valence-corrected chi connectivity index (χ1v) is 6.24. The van der Waals surface area contributed by atoms with Crippen molar-refractivity contribution in [3.8, 4) is 0 Å². The Morgan fingerprint density at radius 3 is 2.35 bits per heavy atom. The van der Waals surface area contributed by atoms with Gasteiger partial charge in [0.25, 0.3) is 0 Å². The molecule has 2 saturated carbocycles. The fourth-order valence-corrected chi connectivity index (χ4v) is 3.07. The number of rotatable bonds is 1. The molecule has 3 aliphatic rings. The number of urea groups is 1. The summed E-state index contributed by atoms with van der Waals surface area (Å²) in [6.45, 7) is 2.10. The van der Waals surface area contributed by atoms with Crippen molar-refractivity contribution in [3.63, 3.8) is 0 Å². The lowest BCUT2D eigenvalue weighted by molar-refractivity contribution is -0.160. The highest BCUT2D eigenvalue weighted by molar-refractivity contribution is 6.19. The molecule has 4 amide bonds. The molecule has 1 spiro atoms. The maximum atomic E-state index is 12.3. The molecule has 0 unspecified atom stereocenters. The van der Waals surface area contributed by atoms with Crippen molar-refractivity contribution in [2.24, 2.45) is 11.3 Å². The molecule has 17 heavy (non-hydrogen) atoms. The van der Waals surface area contributed by atoms with Crippen LogP contribution in [-0.2, 0) is 9.59 Å². The lowest BCUT2D eigenvalue weighted by atomic mass is 9.65. The number of imide groups is 2. The molecule has 5 nitrogen and oxygen atoms in total. The molecular formula is C12H16N2O3. The Labute approximate surface area is 99.5 Å². The van der Waals surface area contributed by atoms with E-state index in [0.717, 1.165) is 19.3 Å². The van der Waals surface area contributed by atoms with Gasteiger partial charge in [-0.1, -0.05) is 13.3 Å². The quantitative estimate of drug-likeness (QED) is 0.691. The highest BCUT2D eigenvalue weighted by Crippen LogP contribution is 2.46. The van der Waals surface area contributed by atoms with Crippen molar-refractivity contribution < 1.29 is 14.4 Å². The molecule has 1 aliphatic heterocycles. The van der Waals surface area contributed by atoms with Crippen LogP contribution in [0.15, 0.2) is 0 Å². The van der Waals surface area contributed by atoms with Crippen LogP contribution in [0.1, 0.15) is 39.0 Å². The van der Waals surface area contributed by atoms with Crippen molar-refractivity contribution in [1.82, 2.24) is 10.2 Å². The molecule has 0 atom stereocenters. The molecule has 2 aliphatic carbocycles. The summed E-state index contributed by atoms with van der Waals surface area (Å²) in [7, 11) is 0. The van der Waals surface area contributed by atoms with Crippen LogP contribution in [0, 0.1) is 11.3 Å². The minimum Gasteiger partial charge on any atom is -0.277 e. The number of nitrogens with zero attached hydrogens (tertiary/aromatic N) is 1. The van der Waals surface area contributed by atoms with E-state index in [0.29, 0.717) is 18.8 Å². The molecule has 3 rings (SSSR count). The average molecular weight is 236 g/mol. The van der Waals surface area contributed by atoms with Crippen LogP contribution in [0.2, 0.25) is 0 Å². The number of nitrogens with one attached hydrogen (secondary N) is 1. The van der Waals surface area contributed by atoms with E-state index in [-0.39, 0.29) is 17.9 Å². The Morgan fingerprint density at radius 2 is 1.88 bits per heavy atom. The van der Waals surface area contributed by atoms with E-state index >= 15 is 0 Å². The van der Waals surface area contributed by atoms with Gasteiger partial charge in [0, 0.05) is 6.04 Å². The molecule has 3 fully saturated rings. The predicted molar refractivity (Wildman–Crippen MR) is 58.9 cm³/mol. The summed E-state index contributed by atoms with van der Waals surface area (Å²) >= 11 is 0. The Balaban J connectivity index is 1.86. The van der Waals surface area contributed by atoms with Crippen molar-refractivity contribution >= 4 is 17.8 Å². The monoisotopic (exact) mass is 236 g/mol. The van der Waals surface area contributed by atoms with Crippen LogP contribution >= 0.6 is 0 Å². The Kier molecular flexibility index (Phi) is 2.09. The molecule has 0 aromatic rings. The minimum atomic E-state index is -0.910. The van der Waals surface area contributed by atoms with Crippen LogP contribution < -0.4 is 5.32 Å². The van der Waals surface area contributed by atoms with Gasteiger partial charge in [-0.2, -0.15) is 0 Å². The van der Waals surface area contributed by atoms with Crippen molar-refractivity contribution in [2.45, 2.75) is 45.1 Å². The predicted octanol–water partition coefficient (Wildman–Crippen LogP) is 1.03. The summed E-state index contributed by atoms with van der Waals surface area (Å²) in [5, 5.41) is 2.34. The third-order valence-electron chi connectivity index (χ3n) is 4.42.